The Balaban J connectivity index is 2.14. The Morgan fingerprint density at radius 3 is 2.39 bits per heavy atom. The highest BCUT2D eigenvalue weighted by Crippen LogP contribution is 2.28. The minimum absolute atomic E-state index is 0.0804. The molecule has 1 saturated carbocycles. The second-order valence-electron chi connectivity index (χ2n) is 5.24. The maximum atomic E-state index is 9.24. The maximum absolute atomic E-state index is 9.24. The molecule has 0 amide bonds. The van der Waals surface area contributed by atoms with Gasteiger partial charge in [0.05, 0.1) is 6.61 Å². The minimum atomic E-state index is 0.0804. The summed E-state index contributed by atoms with van der Waals surface area (Å²) >= 11 is 0. The van der Waals surface area contributed by atoms with E-state index in [4.69, 9.17) is 5.73 Å². The summed E-state index contributed by atoms with van der Waals surface area (Å²) < 4.78 is 0. The van der Waals surface area contributed by atoms with Crippen LogP contribution < -0.4 is 10.6 Å². The van der Waals surface area contributed by atoms with Gasteiger partial charge in [-0.2, -0.15) is 0 Å². The average molecular weight is 248 g/mol. The van der Waals surface area contributed by atoms with Crippen molar-refractivity contribution in [2.24, 2.45) is 5.73 Å². The van der Waals surface area contributed by atoms with Crippen LogP contribution >= 0.6 is 0 Å². The highest BCUT2D eigenvalue weighted by molar-refractivity contribution is 5.49. The van der Waals surface area contributed by atoms with Crippen LogP contribution in [0.1, 0.15) is 44.2 Å². The van der Waals surface area contributed by atoms with Gasteiger partial charge in [-0.25, -0.2) is 0 Å². The predicted octanol–water partition coefficient (Wildman–Crippen LogP) is 2.45. The van der Waals surface area contributed by atoms with E-state index in [0.29, 0.717) is 6.04 Å². The monoisotopic (exact) mass is 248 g/mol. The zero-order valence-corrected chi connectivity index (χ0v) is 11.2. The van der Waals surface area contributed by atoms with Gasteiger partial charge in [0.15, 0.2) is 0 Å². The summed E-state index contributed by atoms with van der Waals surface area (Å²) in [5, 5.41) is 9.24. The minimum Gasteiger partial charge on any atom is -0.395 e. The largest absolute Gasteiger partial charge is 0.395 e. The first-order valence-electron chi connectivity index (χ1n) is 6.95. The lowest BCUT2D eigenvalue weighted by atomic mass is 10.1. The van der Waals surface area contributed by atoms with Crippen molar-refractivity contribution in [2.45, 2.75) is 44.7 Å². The third-order valence-corrected chi connectivity index (χ3v) is 3.86. The lowest BCUT2D eigenvalue weighted by molar-refractivity contribution is 0.297. The van der Waals surface area contributed by atoms with Gasteiger partial charge in [0.2, 0.25) is 0 Å². The Labute approximate surface area is 110 Å². The topological polar surface area (TPSA) is 49.5 Å². The van der Waals surface area contributed by atoms with Crippen molar-refractivity contribution in [3.05, 3.63) is 29.8 Å². The Kier molecular flexibility index (Phi) is 4.61. The molecule has 0 aromatic heterocycles. The van der Waals surface area contributed by atoms with Crippen LogP contribution in [0.4, 0.5) is 5.69 Å². The van der Waals surface area contributed by atoms with E-state index in [1.165, 1.54) is 31.4 Å². The zero-order valence-electron chi connectivity index (χ0n) is 11.2. The fourth-order valence-corrected chi connectivity index (χ4v) is 2.82. The summed E-state index contributed by atoms with van der Waals surface area (Å²) in [4.78, 5) is 2.35. The highest BCUT2D eigenvalue weighted by Gasteiger charge is 2.22. The molecule has 0 bridgehead atoms. The average Bonchev–Trinajstić information content (AvgIpc) is 2.90. The lowest BCUT2D eigenvalue weighted by Crippen LogP contribution is -2.35. The first kappa shape index (κ1) is 13.4. The van der Waals surface area contributed by atoms with Crippen LogP contribution in [0.5, 0.6) is 0 Å². The number of anilines is 1. The number of nitrogens with two attached hydrogens (primary N) is 1. The summed E-state index contributed by atoms with van der Waals surface area (Å²) in [5.74, 6) is 0. The fraction of sp³-hybridized carbons (Fsp3) is 0.600. The predicted molar refractivity (Wildman–Crippen MR) is 75.7 cm³/mol. The van der Waals surface area contributed by atoms with E-state index in [1.54, 1.807) is 0 Å². The van der Waals surface area contributed by atoms with Gasteiger partial charge in [-0.1, -0.05) is 25.0 Å². The standard InChI is InChI=1S/C15H24N2O/c1-12(16)13-6-8-15(9-7-13)17(10-11-18)14-4-2-3-5-14/h6-9,12,14,18H,2-5,10-11,16H2,1H3. The smallest absolute Gasteiger partial charge is 0.0606 e. The molecule has 0 spiro atoms. The molecule has 1 aromatic rings. The molecule has 0 heterocycles. The van der Waals surface area contributed by atoms with E-state index in [1.807, 2.05) is 6.92 Å². The number of aliphatic hydroxyl groups is 1. The van der Waals surface area contributed by atoms with E-state index >= 15 is 0 Å². The number of nitrogens with zero attached hydrogens (tertiary/aromatic N) is 1. The molecule has 1 aliphatic carbocycles. The molecule has 3 nitrogen and oxygen atoms in total. The molecule has 1 atom stereocenters. The quantitative estimate of drug-likeness (QED) is 0.841. The zero-order chi connectivity index (χ0) is 13.0. The van der Waals surface area contributed by atoms with Crippen molar-refractivity contribution < 1.29 is 5.11 Å². The first-order valence-corrected chi connectivity index (χ1v) is 6.95. The number of rotatable bonds is 5. The second-order valence-corrected chi connectivity index (χ2v) is 5.24. The molecule has 0 saturated heterocycles. The van der Waals surface area contributed by atoms with Gasteiger partial charge in [0.1, 0.15) is 0 Å². The summed E-state index contributed by atoms with van der Waals surface area (Å²) in [6, 6.07) is 9.13. The van der Waals surface area contributed by atoms with E-state index in [0.717, 1.165) is 12.1 Å². The van der Waals surface area contributed by atoms with E-state index < -0.39 is 0 Å². The summed E-state index contributed by atoms with van der Waals surface area (Å²) in [6.07, 6.45) is 5.11. The highest BCUT2D eigenvalue weighted by atomic mass is 16.3. The Morgan fingerprint density at radius 2 is 1.89 bits per heavy atom. The van der Waals surface area contributed by atoms with Gasteiger partial charge >= 0.3 is 0 Å². The van der Waals surface area contributed by atoms with Crippen LogP contribution in [0.3, 0.4) is 0 Å². The summed E-state index contributed by atoms with van der Waals surface area (Å²) in [5.41, 5.74) is 8.24. The molecule has 3 heteroatoms. The third kappa shape index (κ3) is 3.03. The maximum Gasteiger partial charge on any atom is 0.0606 e. The molecular weight excluding hydrogens is 224 g/mol. The summed E-state index contributed by atoms with van der Waals surface area (Å²) in [7, 11) is 0. The Morgan fingerprint density at radius 1 is 1.28 bits per heavy atom. The van der Waals surface area contributed by atoms with E-state index in [2.05, 4.69) is 29.2 Å². The van der Waals surface area contributed by atoms with Gasteiger partial charge in [-0.15, -0.1) is 0 Å². The van der Waals surface area contributed by atoms with Gasteiger partial charge < -0.3 is 15.7 Å². The van der Waals surface area contributed by atoms with Crippen molar-refractivity contribution in [1.82, 2.24) is 0 Å². The summed E-state index contributed by atoms with van der Waals surface area (Å²) in [6.45, 7) is 2.94. The van der Waals surface area contributed by atoms with Crippen LogP contribution in [0.15, 0.2) is 24.3 Å². The van der Waals surface area contributed by atoms with Gasteiger partial charge in [0.25, 0.3) is 0 Å². The molecule has 100 valence electrons. The normalized spacial score (nSPS) is 17.9. The van der Waals surface area contributed by atoms with Crippen LogP contribution in [0.25, 0.3) is 0 Å². The van der Waals surface area contributed by atoms with Crippen LogP contribution in [-0.2, 0) is 0 Å². The molecule has 18 heavy (non-hydrogen) atoms. The molecule has 1 unspecified atom stereocenters. The third-order valence-electron chi connectivity index (χ3n) is 3.86. The number of hydrogen-bond acceptors (Lipinski definition) is 3. The molecule has 0 radical (unpaired) electrons. The van der Waals surface area contributed by atoms with Crippen LogP contribution in [0, 0.1) is 0 Å². The van der Waals surface area contributed by atoms with Crippen LogP contribution in [0.2, 0.25) is 0 Å². The van der Waals surface area contributed by atoms with Gasteiger partial charge in [0, 0.05) is 24.3 Å². The molecule has 1 aromatic carbocycles. The van der Waals surface area contributed by atoms with Crippen molar-refractivity contribution >= 4 is 5.69 Å². The molecule has 3 N–H and O–H groups in total. The van der Waals surface area contributed by atoms with Crippen molar-refractivity contribution in [2.75, 3.05) is 18.1 Å². The molecular formula is C15H24N2O. The second kappa shape index (κ2) is 6.21. The Hall–Kier alpha value is -1.06. The van der Waals surface area contributed by atoms with Crippen molar-refractivity contribution in [3.63, 3.8) is 0 Å². The van der Waals surface area contributed by atoms with Crippen molar-refractivity contribution in [1.29, 1.82) is 0 Å². The van der Waals surface area contributed by atoms with E-state index in [9.17, 15) is 5.11 Å². The Bertz CT molecular complexity index is 355. The number of benzene rings is 1. The molecule has 1 fully saturated rings. The SMILES string of the molecule is CC(N)c1ccc(N(CCO)C2CCCC2)cc1. The van der Waals surface area contributed by atoms with Crippen LogP contribution in [-0.4, -0.2) is 24.3 Å². The first-order chi connectivity index (χ1) is 8.72. The van der Waals surface area contributed by atoms with Gasteiger partial charge in [-0.05, 0) is 37.5 Å². The molecule has 1 aliphatic rings. The number of aliphatic hydroxyl groups excluding tert-OH is 1. The molecule has 0 aliphatic heterocycles. The van der Waals surface area contributed by atoms with E-state index in [-0.39, 0.29) is 12.6 Å². The van der Waals surface area contributed by atoms with Gasteiger partial charge in [-0.3, -0.25) is 0 Å². The van der Waals surface area contributed by atoms with Crippen molar-refractivity contribution in [3.8, 4) is 0 Å². The molecule has 2 rings (SSSR count). The number of hydrogen-bond donors (Lipinski definition) is 2. The fourth-order valence-electron chi connectivity index (χ4n) is 2.82. The lowest BCUT2D eigenvalue weighted by Gasteiger charge is -2.30.